The standard InChI is InChI=1S/C27H41N5O6/c1-19(33)24-27(37)31(2)17-18-38-22-10-6-5-9-20(22)25(35)29-21(11-12-23(34)30-24)26(36)28-13-16-32-14-7-3-4-8-15-32/h5-6,9-10,19,21,24,33H,3-4,7-8,11-18H2,1-2H3,(H,28,36)(H,29,35)(H,30,34)/t19-,21+,24+/m1/s1. The maximum atomic E-state index is 13.2. The number of amides is 4. The molecule has 3 rings (SSSR count). The highest BCUT2D eigenvalue weighted by Crippen LogP contribution is 2.19. The number of fused-ring (bicyclic) bond motifs is 1. The molecular weight excluding hydrogens is 490 g/mol. The molecule has 210 valence electrons. The van der Waals surface area contributed by atoms with E-state index in [9.17, 15) is 24.3 Å². The van der Waals surface area contributed by atoms with Gasteiger partial charge >= 0.3 is 0 Å². The van der Waals surface area contributed by atoms with Crippen molar-refractivity contribution in [3.63, 3.8) is 0 Å². The number of carbonyl (C=O) groups excluding carboxylic acids is 4. The molecule has 3 atom stereocenters. The molecule has 2 aliphatic rings. The number of hydrogen-bond acceptors (Lipinski definition) is 7. The lowest BCUT2D eigenvalue weighted by Crippen LogP contribution is -2.53. The van der Waals surface area contributed by atoms with Crippen molar-refractivity contribution in [2.45, 2.75) is 63.6 Å². The number of hydrogen-bond donors (Lipinski definition) is 4. The number of likely N-dealkylation sites (tertiary alicyclic amines) is 1. The summed E-state index contributed by atoms with van der Waals surface area (Å²) in [5.41, 5.74) is 0.255. The van der Waals surface area contributed by atoms with Crippen LogP contribution in [-0.4, -0.2) is 103 Å². The first-order valence-corrected chi connectivity index (χ1v) is 13.5. The Morgan fingerprint density at radius 1 is 1.11 bits per heavy atom. The molecule has 0 saturated carbocycles. The minimum Gasteiger partial charge on any atom is -0.491 e. The van der Waals surface area contributed by atoms with Gasteiger partial charge in [-0.05, 0) is 51.4 Å². The molecule has 0 aromatic heterocycles. The molecule has 1 aromatic rings. The molecular formula is C27H41N5O6. The van der Waals surface area contributed by atoms with Crippen LogP contribution in [0.4, 0.5) is 0 Å². The van der Waals surface area contributed by atoms with Crippen LogP contribution in [0.15, 0.2) is 24.3 Å². The molecule has 0 bridgehead atoms. The van der Waals surface area contributed by atoms with Gasteiger partial charge in [-0.15, -0.1) is 0 Å². The highest BCUT2D eigenvalue weighted by atomic mass is 16.5. The molecule has 0 unspecified atom stereocenters. The van der Waals surface area contributed by atoms with Crippen molar-refractivity contribution in [2.24, 2.45) is 0 Å². The van der Waals surface area contributed by atoms with Gasteiger partial charge in [-0.25, -0.2) is 0 Å². The van der Waals surface area contributed by atoms with Gasteiger partial charge in [0.15, 0.2) is 0 Å². The highest BCUT2D eigenvalue weighted by Gasteiger charge is 2.30. The monoisotopic (exact) mass is 531 g/mol. The summed E-state index contributed by atoms with van der Waals surface area (Å²) in [6.07, 6.45) is 3.52. The second-order valence-electron chi connectivity index (χ2n) is 10.0. The highest BCUT2D eigenvalue weighted by molar-refractivity contribution is 5.99. The number of aliphatic hydroxyl groups excluding tert-OH is 1. The van der Waals surface area contributed by atoms with E-state index in [-0.39, 0.29) is 37.5 Å². The van der Waals surface area contributed by atoms with E-state index in [0.717, 1.165) is 32.5 Å². The molecule has 0 aliphatic carbocycles. The van der Waals surface area contributed by atoms with E-state index in [2.05, 4.69) is 20.9 Å². The van der Waals surface area contributed by atoms with Crippen LogP contribution in [0.5, 0.6) is 5.75 Å². The first-order chi connectivity index (χ1) is 18.3. The number of nitrogens with one attached hydrogen (secondary N) is 3. The van der Waals surface area contributed by atoms with Gasteiger partial charge < -0.3 is 35.6 Å². The molecule has 11 heteroatoms. The van der Waals surface area contributed by atoms with E-state index in [1.807, 2.05) is 0 Å². The molecule has 2 heterocycles. The largest absolute Gasteiger partial charge is 0.491 e. The lowest BCUT2D eigenvalue weighted by molar-refractivity contribution is -0.138. The van der Waals surface area contributed by atoms with E-state index in [0.29, 0.717) is 12.3 Å². The fourth-order valence-electron chi connectivity index (χ4n) is 4.65. The maximum absolute atomic E-state index is 13.2. The Morgan fingerprint density at radius 3 is 2.53 bits per heavy atom. The lowest BCUT2D eigenvalue weighted by Gasteiger charge is -2.26. The zero-order valence-corrected chi connectivity index (χ0v) is 22.4. The van der Waals surface area contributed by atoms with Crippen LogP contribution < -0.4 is 20.7 Å². The van der Waals surface area contributed by atoms with Crippen molar-refractivity contribution >= 4 is 23.6 Å². The predicted octanol–water partition coefficient (Wildman–Crippen LogP) is 0.274. The zero-order chi connectivity index (χ0) is 27.5. The zero-order valence-electron chi connectivity index (χ0n) is 22.4. The molecule has 0 spiro atoms. The summed E-state index contributed by atoms with van der Waals surface area (Å²) < 4.78 is 5.80. The number of aliphatic hydroxyl groups is 1. The first kappa shape index (κ1) is 29.4. The van der Waals surface area contributed by atoms with E-state index in [1.54, 1.807) is 31.3 Å². The Labute approximate surface area is 224 Å². The van der Waals surface area contributed by atoms with Crippen molar-refractivity contribution < 1.29 is 29.0 Å². The first-order valence-electron chi connectivity index (χ1n) is 13.5. The van der Waals surface area contributed by atoms with Crippen molar-refractivity contribution in [1.29, 1.82) is 0 Å². The van der Waals surface area contributed by atoms with Gasteiger partial charge in [0.2, 0.25) is 17.7 Å². The third-order valence-corrected chi connectivity index (χ3v) is 6.96. The minimum absolute atomic E-state index is 0.0205. The molecule has 1 fully saturated rings. The number of carbonyl (C=O) groups is 4. The van der Waals surface area contributed by atoms with E-state index in [4.69, 9.17) is 4.74 Å². The lowest BCUT2D eigenvalue weighted by atomic mass is 10.1. The molecule has 1 saturated heterocycles. The molecule has 4 N–H and O–H groups in total. The number of likely N-dealkylation sites (N-methyl/N-ethyl adjacent to an activating group) is 1. The van der Waals surface area contributed by atoms with Crippen LogP contribution >= 0.6 is 0 Å². The second-order valence-corrected chi connectivity index (χ2v) is 10.0. The quantitative estimate of drug-likeness (QED) is 0.428. The molecule has 11 nitrogen and oxygen atoms in total. The summed E-state index contributed by atoms with van der Waals surface area (Å²) in [4.78, 5) is 55.6. The summed E-state index contributed by atoms with van der Waals surface area (Å²) in [6.45, 7) is 4.86. The van der Waals surface area contributed by atoms with Crippen LogP contribution in [-0.2, 0) is 14.4 Å². The van der Waals surface area contributed by atoms with Gasteiger partial charge in [-0.3, -0.25) is 19.2 Å². The average molecular weight is 532 g/mol. The van der Waals surface area contributed by atoms with Crippen molar-refractivity contribution in [3.05, 3.63) is 29.8 Å². The average Bonchev–Trinajstić information content (AvgIpc) is 3.17. The maximum Gasteiger partial charge on any atom is 0.255 e. The Bertz CT molecular complexity index is 963. The molecule has 1 aromatic carbocycles. The number of rotatable bonds is 5. The summed E-state index contributed by atoms with van der Waals surface area (Å²) in [6, 6.07) is 4.56. The van der Waals surface area contributed by atoms with Crippen LogP contribution in [0.1, 0.15) is 55.8 Å². The number of ether oxygens (including phenoxy) is 1. The Kier molecular flexibility index (Phi) is 11.3. The number of para-hydroxylation sites is 1. The fourth-order valence-corrected chi connectivity index (χ4v) is 4.65. The van der Waals surface area contributed by atoms with Gasteiger partial charge in [0.05, 0.1) is 18.2 Å². The minimum atomic E-state index is -1.14. The SMILES string of the molecule is C[C@@H](O)[C@@H]1NC(=O)CC[C@@H](C(=O)NCCN2CCCCCC2)NC(=O)c2ccccc2OCCN(C)C1=O. The van der Waals surface area contributed by atoms with Crippen LogP contribution in [0, 0.1) is 0 Å². The second kappa shape index (κ2) is 14.7. The van der Waals surface area contributed by atoms with E-state index >= 15 is 0 Å². The predicted molar refractivity (Wildman–Crippen MR) is 142 cm³/mol. The molecule has 4 amide bonds. The third-order valence-electron chi connectivity index (χ3n) is 6.96. The van der Waals surface area contributed by atoms with E-state index < -0.39 is 35.9 Å². The Balaban J connectivity index is 1.75. The van der Waals surface area contributed by atoms with Gasteiger partial charge in [0.25, 0.3) is 5.91 Å². The van der Waals surface area contributed by atoms with Crippen molar-refractivity contribution in [2.75, 3.05) is 46.4 Å². The summed E-state index contributed by atoms with van der Waals surface area (Å²) in [5, 5.41) is 18.4. The van der Waals surface area contributed by atoms with Crippen LogP contribution in [0.25, 0.3) is 0 Å². The number of benzene rings is 1. The summed E-state index contributed by atoms with van der Waals surface area (Å²) >= 11 is 0. The van der Waals surface area contributed by atoms with Gasteiger partial charge in [0, 0.05) is 26.6 Å². The Morgan fingerprint density at radius 2 is 1.82 bits per heavy atom. The number of nitrogens with zero attached hydrogens (tertiary/aromatic N) is 2. The van der Waals surface area contributed by atoms with Gasteiger partial charge in [0.1, 0.15) is 24.4 Å². The third kappa shape index (κ3) is 8.70. The topological polar surface area (TPSA) is 140 Å². The Hall–Kier alpha value is -3.18. The summed E-state index contributed by atoms with van der Waals surface area (Å²) in [7, 11) is 1.55. The summed E-state index contributed by atoms with van der Waals surface area (Å²) in [5.74, 6) is -1.51. The van der Waals surface area contributed by atoms with Crippen molar-refractivity contribution in [1.82, 2.24) is 25.8 Å². The van der Waals surface area contributed by atoms with Gasteiger partial charge in [-0.2, -0.15) is 0 Å². The fraction of sp³-hybridized carbons (Fsp3) is 0.630. The van der Waals surface area contributed by atoms with Crippen molar-refractivity contribution in [3.8, 4) is 5.75 Å². The van der Waals surface area contributed by atoms with Crippen LogP contribution in [0.3, 0.4) is 0 Å². The van der Waals surface area contributed by atoms with Crippen LogP contribution in [0.2, 0.25) is 0 Å². The van der Waals surface area contributed by atoms with E-state index in [1.165, 1.54) is 24.7 Å². The normalized spacial score (nSPS) is 23.4. The smallest absolute Gasteiger partial charge is 0.255 e. The van der Waals surface area contributed by atoms with Gasteiger partial charge in [-0.1, -0.05) is 25.0 Å². The molecule has 0 radical (unpaired) electrons. The molecule has 38 heavy (non-hydrogen) atoms. The molecule has 2 aliphatic heterocycles.